The van der Waals surface area contributed by atoms with E-state index in [9.17, 15) is 4.79 Å². The van der Waals surface area contributed by atoms with Gasteiger partial charge in [0.05, 0.1) is 35.8 Å². The number of nitrogens with zero attached hydrogens (tertiary/aromatic N) is 2. The van der Waals surface area contributed by atoms with Crippen molar-refractivity contribution in [3.63, 3.8) is 0 Å². The van der Waals surface area contributed by atoms with Gasteiger partial charge in [-0.1, -0.05) is 41.9 Å². The van der Waals surface area contributed by atoms with E-state index in [4.69, 9.17) is 25.8 Å². The van der Waals surface area contributed by atoms with Gasteiger partial charge < -0.3 is 24.8 Å². The highest BCUT2D eigenvalue weighted by molar-refractivity contribution is 6.34. The maximum atomic E-state index is 12.6. The molecule has 0 aliphatic carbocycles. The van der Waals surface area contributed by atoms with Gasteiger partial charge in [0, 0.05) is 17.8 Å². The van der Waals surface area contributed by atoms with Gasteiger partial charge in [0.1, 0.15) is 12.1 Å². The number of hydrogen-bond acceptors (Lipinski definition) is 6. The van der Waals surface area contributed by atoms with Gasteiger partial charge in [0.2, 0.25) is 5.88 Å². The summed E-state index contributed by atoms with van der Waals surface area (Å²) in [6, 6.07) is 21.7. The standard InChI is InChI=1S/C27H21ClN4O4/c1-34-24-13-20-23(14-25(24)35-2)29-15-30-26(20)36-19-9-10-22(21(28)12-19)32-27(33)31-18-8-7-16-5-3-4-6-17(16)11-18/h3-15H,1-2H3,(H2,31,32,33). The molecule has 4 aromatic carbocycles. The van der Waals surface area contributed by atoms with Crippen molar-refractivity contribution in [2.45, 2.75) is 0 Å². The van der Waals surface area contributed by atoms with Crippen molar-refractivity contribution >= 4 is 50.7 Å². The Morgan fingerprint density at radius 3 is 2.39 bits per heavy atom. The van der Waals surface area contributed by atoms with E-state index in [2.05, 4.69) is 20.6 Å². The number of methoxy groups -OCH3 is 2. The zero-order valence-electron chi connectivity index (χ0n) is 19.4. The number of urea groups is 1. The second kappa shape index (κ2) is 9.97. The number of fused-ring (bicyclic) bond motifs is 2. The maximum absolute atomic E-state index is 12.6. The summed E-state index contributed by atoms with van der Waals surface area (Å²) in [5.74, 6) is 1.84. The molecule has 5 aromatic rings. The van der Waals surface area contributed by atoms with Crippen LogP contribution in [-0.2, 0) is 0 Å². The number of carbonyl (C=O) groups is 1. The summed E-state index contributed by atoms with van der Waals surface area (Å²) >= 11 is 6.43. The number of anilines is 2. The van der Waals surface area contributed by atoms with Gasteiger partial charge in [-0.3, -0.25) is 0 Å². The molecule has 180 valence electrons. The van der Waals surface area contributed by atoms with E-state index in [0.29, 0.717) is 50.4 Å². The van der Waals surface area contributed by atoms with E-state index in [0.717, 1.165) is 10.8 Å². The lowest BCUT2D eigenvalue weighted by molar-refractivity contribution is 0.262. The molecule has 5 rings (SSSR count). The molecule has 0 unspecified atom stereocenters. The van der Waals surface area contributed by atoms with Crippen LogP contribution >= 0.6 is 11.6 Å². The number of halogens is 1. The first-order valence-electron chi connectivity index (χ1n) is 10.9. The Kier molecular flexibility index (Phi) is 6.42. The van der Waals surface area contributed by atoms with E-state index in [1.807, 2.05) is 42.5 Å². The topological polar surface area (TPSA) is 94.6 Å². The molecule has 1 aromatic heterocycles. The zero-order chi connectivity index (χ0) is 25.1. The number of nitrogens with one attached hydrogen (secondary N) is 2. The minimum absolute atomic E-state index is 0.304. The molecular formula is C27H21ClN4O4. The summed E-state index contributed by atoms with van der Waals surface area (Å²) in [6.45, 7) is 0. The number of aromatic nitrogens is 2. The van der Waals surface area contributed by atoms with Gasteiger partial charge in [-0.2, -0.15) is 0 Å². The highest BCUT2D eigenvalue weighted by Gasteiger charge is 2.14. The minimum atomic E-state index is -0.413. The Balaban J connectivity index is 1.32. The average molecular weight is 501 g/mol. The molecule has 0 aliphatic heterocycles. The summed E-state index contributed by atoms with van der Waals surface area (Å²) in [5, 5.41) is 8.66. The molecule has 0 fully saturated rings. The Morgan fingerprint density at radius 1 is 0.833 bits per heavy atom. The lowest BCUT2D eigenvalue weighted by Crippen LogP contribution is -2.19. The Hall–Kier alpha value is -4.56. The van der Waals surface area contributed by atoms with Crippen LogP contribution in [0.3, 0.4) is 0 Å². The predicted molar refractivity (Wildman–Crippen MR) is 141 cm³/mol. The smallest absolute Gasteiger partial charge is 0.323 e. The molecule has 2 amide bonds. The second-order valence-corrected chi connectivity index (χ2v) is 8.20. The van der Waals surface area contributed by atoms with Crippen molar-refractivity contribution in [2.24, 2.45) is 0 Å². The maximum Gasteiger partial charge on any atom is 0.323 e. The normalized spacial score (nSPS) is 10.8. The zero-order valence-corrected chi connectivity index (χ0v) is 20.2. The Labute approximate surface area is 211 Å². The van der Waals surface area contributed by atoms with Crippen LogP contribution in [0.25, 0.3) is 21.7 Å². The molecule has 2 N–H and O–H groups in total. The van der Waals surface area contributed by atoms with E-state index < -0.39 is 6.03 Å². The lowest BCUT2D eigenvalue weighted by atomic mass is 10.1. The summed E-state index contributed by atoms with van der Waals surface area (Å²) in [7, 11) is 3.11. The molecule has 9 heteroatoms. The van der Waals surface area contributed by atoms with Crippen molar-refractivity contribution in [2.75, 3.05) is 24.9 Å². The number of carbonyl (C=O) groups excluding carboxylic acids is 1. The molecule has 0 radical (unpaired) electrons. The number of rotatable bonds is 6. The van der Waals surface area contributed by atoms with Crippen LogP contribution in [0.2, 0.25) is 5.02 Å². The SMILES string of the molecule is COc1cc2ncnc(Oc3ccc(NC(=O)Nc4ccc5ccccc5c4)c(Cl)c3)c2cc1OC. The molecule has 0 bridgehead atoms. The van der Waals surface area contributed by atoms with Crippen LogP contribution in [0.4, 0.5) is 16.2 Å². The van der Waals surface area contributed by atoms with E-state index >= 15 is 0 Å². The fraction of sp³-hybridized carbons (Fsp3) is 0.0741. The van der Waals surface area contributed by atoms with Gasteiger partial charge >= 0.3 is 6.03 Å². The molecule has 0 spiro atoms. The fourth-order valence-corrected chi connectivity index (χ4v) is 3.98. The van der Waals surface area contributed by atoms with Gasteiger partial charge in [0.25, 0.3) is 0 Å². The second-order valence-electron chi connectivity index (χ2n) is 7.79. The molecule has 1 heterocycles. The molecule has 8 nitrogen and oxygen atoms in total. The molecule has 0 saturated carbocycles. The van der Waals surface area contributed by atoms with Gasteiger partial charge in [0.15, 0.2) is 11.5 Å². The summed E-state index contributed by atoms with van der Waals surface area (Å²) in [6.07, 6.45) is 1.40. The van der Waals surface area contributed by atoms with E-state index in [1.54, 1.807) is 44.6 Å². The van der Waals surface area contributed by atoms with Gasteiger partial charge in [-0.05, 0) is 41.1 Å². The highest BCUT2D eigenvalue weighted by Crippen LogP contribution is 2.36. The van der Waals surface area contributed by atoms with Crippen molar-refractivity contribution < 1.29 is 19.0 Å². The summed E-state index contributed by atoms with van der Waals surface area (Å²) in [5.41, 5.74) is 1.73. The van der Waals surface area contributed by atoms with Crippen LogP contribution in [0.1, 0.15) is 0 Å². The summed E-state index contributed by atoms with van der Waals surface area (Å²) in [4.78, 5) is 21.1. The van der Waals surface area contributed by atoms with Crippen LogP contribution in [0.15, 0.2) is 79.1 Å². The Morgan fingerprint density at radius 2 is 1.61 bits per heavy atom. The van der Waals surface area contributed by atoms with Crippen molar-refractivity contribution in [3.05, 3.63) is 84.1 Å². The summed E-state index contributed by atoms with van der Waals surface area (Å²) < 4.78 is 16.7. The third kappa shape index (κ3) is 4.80. The number of amides is 2. The first kappa shape index (κ1) is 23.2. The number of benzene rings is 4. The van der Waals surface area contributed by atoms with Crippen molar-refractivity contribution in [1.29, 1.82) is 0 Å². The largest absolute Gasteiger partial charge is 0.493 e. The van der Waals surface area contributed by atoms with Crippen molar-refractivity contribution in [3.8, 4) is 23.1 Å². The van der Waals surface area contributed by atoms with E-state index in [1.165, 1.54) is 6.33 Å². The molecular weight excluding hydrogens is 480 g/mol. The Bertz CT molecular complexity index is 1590. The lowest BCUT2D eigenvalue weighted by Gasteiger charge is -2.13. The minimum Gasteiger partial charge on any atom is -0.493 e. The van der Waals surface area contributed by atoms with Gasteiger partial charge in [-0.15, -0.1) is 0 Å². The molecule has 0 saturated heterocycles. The van der Waals surface area contributed by atoms with Crippen LogP contribution in [0.5, 0.6) is 23.1 Å². The average Bonchev–Trinajstić information content (AvgIpc) is 2.89. The number of hydrogen-bond donors (Lipinski definition) is 2. The van der Waals surface area contributed by atoms with Crippen LogP contribution in [-0.4, -0.2) is 30.2 Å². The quantitative estimate of drug-likeness (QED) is 0.263. The van der Waals surface area contributed by atoms with Crippen molar-refractivity contribution in [1.82, 2.24) is 9.97 Å². The van der Waals surface area contributed by atoms with E-state index in [-0.39, 0.29) is 0 Å². The fourth-order valence-electron chi connectivity index (χ4n) is 3.76. The monoisotopic (exact) mass is 500 g/mol. The highest BCUT2D eigenvalue weighted by atomic mass is 35.5. The predicted octanol–water partition coefficient (Wildman–Crippen LogP) is 6.89. The van der Waals surface area contributed by atoms with Crippen LogP contribution in [0, 0.1) is 0 Å². The first-order valence-corrected chi connectivity index (χ1v) is 11.3. The molecule has 36 heavy (non-hydrogen) atoms. The van der Waals surface area contributed by atoms with Gasteiger partial charge in [-0.25, -0.2) is 14.8 Å². The third-order valence-electron chi connectivity index (χ3n) is 5.51. The molecule has 0 atom stereocenters. The molecule has 0 aliphatic rings. The number of ether oxygens (including phenoxy) is 3. The van der Waals surface area contributed by atoms with Crippen LogP contribution < -0.4 is 24.8 Å². The third-order valence-corrected chi connectivity index (χ3v) is 5.83. The first-order chi connectivity index (χ1) is 17.5.